The number of rotatable bonds is 2. The van der Waals surface area contributed by atoms with Gasteiger partial charge in [0.15, 0.2) is 0 Å². The highest BCUT2D eigenvalue weighted by Gasteiger charge is 2.53. The van der Waals surface area contributed by atoms with Crippen molar-refractivity contribution in [3.63, 3.8) is 0 Å². The largest absolute Gasteiger partial charge is 0.336 e. The Labute approximate surface area is 155 Å². The zero-order valence-corrected chi connectivity index (χ0v) is 15.5. The van der Waals surface area contributed by atoms with Crippen molar-refractivity contribution >= 4 is 17.5 Å². The van der Waals surface area contributed by atoms with E-state index in [0.29, 0.717) is 16.1 Å². The lowest BCUT2D eigenvalue weighted by Crippen LogP contribution is -2.64. The first-order chi connectivity index (χ1) is 12.1. The minimum absolute atomic E-state index is 0.0933. The van der Waals surface area contributed by atoms with E-state index < -0.39 is 0 Å². The summed E-state index contributed by atoms with van der Waals surface area (Å²) in [7, 11) is 0. The Kier molecular flexibility index (Phi) is 3.87. The van der Waals surface area contributed by atoms with Gasteiger partial charge in [0.1, 0.15) is 0 Å². The fourth-order valence-corrected chi connectivity index (χ4v) is 6.86. The SMILES string of the molecule is O=C(c1ccccc1Cl)N1CCN(C23CC4CC(CC(C4)C2)C3)CC1. The molecular weight excluding hydrogens is 332 g/mol. The summed E-state index contributed by atoms with van der Waals surface area (Å²) in [4.78, 5) is 17.6. The molecule has 1 saturated heterocycles. The van der Waals surface area contributed by atoms with Crippen LogP contribution >= 0.6 is 11.6 Å². The van der Waals surface area contributed by atoms with Gasteiger partial charge in [0.25, 0.3) is 5.91 Å². The molecule has 1 amide bonds. The molecule has 0 radical (unpaired) electrons. The van der Waals surface area contributed by atoms with Crippen LogP contribution in [0.3, 0.4) is 0 Å². The Morgan fingerprint density at radius 3 is 2.04 bits per heavy atom. The van der Waals surface area contributed by atoms with Crippen LogP contribution in [0.1, 0.15) is 48.9 Å². The third-order valence-corrected chi connectivity index (χ3v) is 7.68. The lowest BCUT2D eigenvalue weighted by molar-refractivity contribution is -0.0987. The number of carbonyl (C=O) groups is 1. The van der Waals surface area contributed by atoms with E-state index in [2.05, 4.69) is 4.90 Å². The number of amides is 1. The molecule has 0 aromatic heterocycles. The molecule has 4 aliphatic carbocycles. The molecule has 0 spiro atoms. The highest BCUT2D eigenvalue weighted by molar-refractivity contribution is 6.33. The Morgan fingerprint density at radius 1 is 0.920 bits per heavy atom. The second-order valence-electron chi connectivity index (χ2n) is 8.90. The predicted octanol–water partition coefficient (Wildman–Crippen LogP) is 4.07. The molecule has 4 saturated carbocycles. The van der Waals surface area contributed by atoms with E-state index in [1.165, 1.54) is 38.5 Å². The van der Waals surface area contributed by atoms with E-state index in [1.54, 1.807) is 6.07 Å². The van der Waals surface area contributed by atoms with Crippen LogP contribution in [0.5, 0.6) is 0 Å². The molecule has 1 heterocycles. The first kappa shape index (κ1) is 16.1. The first-order valence-electron chi connectivity index (χ1n) is 9.92. The highest BCUT2D eigenvalue weighted by Crippen LogP contribution is 2.57. The van der Waals surface area contributed by atoms with Gasteiger partial charge >= 0.3 is 0 Å². The maximum absolute atomic E-state index is 12.8. The van der Waals surface area contributed by atoms with Crippen molar-refractivity contribution in [1.29, 1.82) is 0 Å². The zero-order valence-electron chi connectivity index (χ0n) is 14.8. The van der Waals surface area contributed by atoms with Crippen LogP contribution in [0.25, 0.3) is 0 Å². The summed E-state index contributed by atoms with van der Waals surface area (Å²) in [5, 5.41) is 0.566. The van der Waals surface area contributed by atoms with Crippen LogP contribution in [-0.2, 0) is 0 Å². The van der Waals surface area contributed by atoms with E-state index in [1.807, 2.05) is 23.1 Å². The van der Waals surface area contributed by atoms with Crippen LogP contribution in [0, 0.1) is 17.8 Å². The first-order valence-corrected chi connectivity index (χ1v) is 10.3. The summed E-state index contributed by atoms with van der Waals surface area (Å²) in [6, 6.07) is 7.42. The minimum Gasteiger partial charge on any atom is -0.336 e. The average Bonchev–Trinajstić information content (AvgIpc) is 2.61. The van der Waals surface area contributed by atoms with Crippen LogP contribution in [0.2, 0.25) is 5.02 Å². The van der Waals surface area contributed by atoms with Gasteiger partial charge in [0.2, 0.25) is 0 Å². The normalized spacial score (nSPS) is 37.5. The average molecular weight is 359 g/mol. The van der Waals surface area contributed by atoms with Crippen LogP contribution in [0.15, 0.2) is 24.3 Å². The molecule has 0 N–H and O–H groups in total. The molecule has 4 bridgehead atoms. The van der Waals surface area contributed by atoms with Gasteiger partial charge in [0, 0.05) is 31.7 Å². The second kappa shape index (κ2) is 5.99. The summed E-state index contributed by atoms with van der Waals surface area (Å²) in [5.41, 5.74) is 1.11. The molecule has 0 unspecified atom stereocenters. The smallest absolute Gasteiger partial charge is 0.255 e. The van der Waals surface area contributed by atoms with Gasteiger partial charge in [-0.2, -0.15) is 0 Å². The Hall–Kier alpha value is -1.06. The number of benzene rings is 1. The summed E-state index contributed by atoms with van der Waals surface area (Å²) in [6.45, 7) is 3.74. The van der Waals surface area contributed by atoms with Gasteiger partial charge in [-0.25, -0.2) is 0 Å². The van der Waals surface area contributed by atoms with Gasteiger partial charge in [-0.1, -0.05) is 23.7 Å². The van der Waals surface area contributed by atoms with Gasteiger partial charge in [-0.3, -0.25) is 9.69 Å². The Balaban J connectivity index is 1.28. The fourth-order valence-electron chi connectivity index (χ4n) is 6.64. The van der Waals surface area contributed by atoms with Crippen molar-refractivity contribution in [2.24, 2.45) is 17.8 Å². The fraction of sp³-hybridized carbons (Fsp3) is 0.667. The Morgan fingerprint density at radius 2 is 1.48 bits per heavy atom. The summed E-state index contributed by atoms with van der Waals surface area (Å²) >= 11 is 6.22. The molecule has 0 atom stereocenters. The van der Waals surface area contributed by atoms with Gasteiger partial charge in [-0.15, -0.1) is 0 Å². The van der Waals surface area contributed by atoms with Gasteiger partial charge in [0.05, 0.1) is 10.6 Å². The molecule has 1 aromatic carbocycles. The molecular formula is C21H27ClN2O. The molecule has 6 rings (SSSR count). The molecule has 5 fully saturated rings. The van der Waals surface area contributed by atoms with Crippen LogP contribution < -0.4 is 0 Å². The third kappa shape index (κ3) is 2.71. The molecule has 134 valence electrons. The molecule has 5 aliphatic rings. The minimum atomic E-state index is 0.0933. The maximum atomic E-state index is 12.8. The number of halogens is 1. The van der Waals surface area contributed by atoms with Crippen molar-refractivity contribution in [3.05, 3.63) is 34.9 Å². The lowest BCUT2D eigenvalue weighted by Gasteiger charge is -2.61. The monoisotopic (exact) mass is 358 g/mol. The van der Waals surface area contributed by atoms with Crippen LogP contribution in [0.4, 0.5) is 0 Å². The highest BCUT2D eigenvalue weighted by atomic mass is 35.5. The standard InChI is InChI=1S/C21H27ClN2O/c22-19-4-2-1-3-18(19)20(25)23-5-7-24(8-6-23)21-12-15-9-16(13-21)11-17(10-15)14-21/h1-4,15-17H,5-14H2. The van der Waals surface area contributed by atoms with Crippen molar-refractivity contribution < 1.29 is 4.79 Å². The lowest BCUT2D eigenvalue weighted by atomic mass is 9.52. The third-order valence-electron chi connectivity index (χ3n) is 7.35. The summed E-state index contributed by atoms with van der Waals surface area (Å²) in [5.74, 6) is 3.04. The molecule has 4 heteroatoms. The number of hydrogen-bond donors (Lipinski definition) is 0. The van der Waals surface area contributed by atoms with Crippen molar-refractivity contribution in [2.45, 2.75) is 44.1 Å². The zero-order chi connectivity index (χ0) is 17.0. The van der Waals surface area contributed by atoms with Crippen molar-refractivity contribution in [2.75, 3.05) is 26.2 Å². The van der Waals surface area contributed by atoms with Crippen molar-refractivity contribution in [1.82, 2.24) is 9.80 Å². The molecule has 1 aliphatic heterocycles. The van der Waals surface area contributed by atoms with Crippen LogP contribution in [-0.4, -0.2) is 47.4 Å². The number of piperazine rings is 1. The molecule has 1 aromatic rings. The maximum Gasteiger partial charge on any atom is 0.255 e. The van der Waals surface area contributed by atoms with E-state index in [9.17, 15) is 4.79 Å². The van der Waals surface area contributed by atoms with Crippen molar-refractivity contribution in [3.8, 4) is 0 Å². The summed E-state index contributed by atoms with van der Waals surface area (Å²) in [6.07, 6.45) is 8.71. The molecule has 3 nitrogen and oxygen atoms in total. The van der Waals surface area contributed by atoms with Gasteiger partial charge in [-0.05, 0) is 68.4 Å². The van der Waals surface area contributed by atoms with Gasteiger partial charge < -0.3 is 4.90 Å². The summed E-state index contributed by atoms with van der Waals surface area (Å²) < 4.78 is 0. The van der Waals surface area contributed by atoms with E-state index in [-0.39, 0.29) is 5.91 Å². The topological polar surface area (TPSA) is 23.6 Å². The number of hydrogen-bond acceptors (Lipinski definition) is 2. The Bertz CT molecular complexity index is 645. The predicted molar refractivity (Wildman–Crippen MR) is 99.8 cm³/mol. The van der Waals surface area contributed by atoms with E-state index in [4.69, 9.17) is 11.6 Å². The number of nitrogens with zero attached hydrogens (tertiary/aromatic N) is 2. The number of carbonyl (C=O) groups excluding carboxylic acids is 1. The van der Waals surface area contributed by atoms with E-state index in [0.717, 1.165) is 43.9 Å². The quantitative estimate of drug-likeness (QED) is 0.795. The molecule has 25 heavy (non-hydrogen) atoms. The van der Waals surface area contributed by atoms with E-state index >= 15 is 0 Å². The second-order valence-corrected chi connectivity index (χ2v) is 9.31.